The zero-order valence-corrected chi connectivity index (χ0v) is 19.2. The third kappa shape index (κ3) is 5.41. The fourth-order valence-electron chi connectivity index (χ4n) is 4.27. The number of aromatic nitrogens is 2. The maximum atomic E-state index is 14.4. The van der Waals surface area contributed by atoms with Crippen LogP contribution >= 0.6 is 0 Å². The second kappa shape index (κ2) is 9.98. The standard InChI is InChI=1S/C25H23F5N4O2/c26-18-5-6-22(20(27)13-18)36-23-19-15-33(14-16-1-3-17(4-2-16)25(28,29)30)8-7-21(19)31-24(32-23)34-9-11-35-12-10-34/h1-6,13H,7-12,14-15H2. The number of morpholine rings is 1. The summed E-state index contributed by atoms with van der Waals surface area (Å²) in [5.41, 5.74) is 1.45. The number of fused-ring (bicyclic) bond motifs is 1. The molecule has 2 aromatic carbocycles. The van der Waals surface area contributed by atoms with E-state index in [1.165, 1.54) is 18.2 Å². The Balaban J connectivity index is 1.42. The average molecular weight is 506 g/mol. The molecule has 0 amide bonds. The fourth-order valence-corrected chi connectivity index (χ4v) is 4.27. The van der Waals surface area contributed by atoms with Crippen molar-refractivity contribution in [2.45, 2.75) is 25.7 Å². The van der Waals surface area contributed by atoms with Gasteiger partial charge in [0, 0.05) is 45.2 Å². The number of hydrogen-bond donors (Lipinski definition) is 0. The number of anilines is 1. The van der Waals surface area contributed by atoms with Gasteiger partial charge in [-0.05, 0) is 29.8 Å². The van der Waals surface area contributed by atoms with Gasteiger partial charge in [0.25, 0.3) is 0 Å². The summed E-state index contributed by atoms with van der Waals surface area (Å²) >= 11 is 0. The van der Waals surface area contributed by atoms with E-state index >= 15 is 0 Å². The summed E-state index contributed by atoms with van der Waals surface area (Å²) in [5, 5.41) is 0. The molecular weight excluding hydrogens is 483 g/mol. The number of hydrogen-bond acceptors (Lipinski definition) is 6. The summed E-state index contributed by atoms with van der Waals surface area (Å²) in [6, 6.07) is 8.10. The Morgan fingerprint density at radius 2 is 1.69 bits per heavy atom. The zero-order chi connectivity index (χ0) is 25.3. The van der Waals surface area contributed by atoms with Gasteiger partial charge in [0.2, 0.25) is 11.8 Å². The van der Waals surface area contributed by atoms with Gasteiger partial charge in [-0.1, -0.05) is 12.1 Å². The predicted octanol–water partition coefficient (Wildman–Crippen LogP) is 4.96. The number of nitrogens with zero attached hydrogens (tertiary/aromatic N) is 4. The van der Waals surface area contributed by atoms with Crippen molar-refractivity contribution in [1.29, 1.82) is 0 Å². The van der Waals surface area contributed by atoms with Gasteiger partial charge in [-0.2, -0.15) is 18.2 Å². The molecular formula is C25H23F5N4O2. The molecule has 190 valence electrons. The van der Waals surface area contributed by atoms with Gasteiger partial charge in [0.15, 0.2) is 11.6 Å². The van der Waals surface area contributed by atoms with Crippen LogP contribution in [0.2, 0.25) is 0 Å². The van der Waals surface area contributed by atoms with E-state index in [-0.39, 0.29) is 11.6 Å². The molecule has 0 radical (unpaired) electrons. The van der Waals surface area contributed by atoms with Crippen LogP contribution in [0.4, 0.5) is 27.9 Å². The number of alkyl halides is 3. The lowest BCUT2D eigenvalue weighted by atomic mass is 10.0. The van der Waals surface area contributed by atoms with E-state index < -0.39 is 23.4 Å². The lowest BCUT2D eigenvalue weighted by molar-refractivity contribution is -0.137. The highest BCUT2D eigenvalue weighted by Crippen LogP contribution is 2.34. The molecule has 11 heteroatoms. The number of ether oxygens (including phenoxy) is 2. The molecule has 0 atom stereocenters. The molecule has 3 aromatic rings. The second-order valence-corrected chi connectivity index (χ2v) is 8.69. The van der Waals surface area contributed by atoms with Gasteiger partial charge in [0.05, 0.1) is 30.0 Å². The van der Waals surface area contributed by atoms with Crippen molar-refractivity contribution in [3.63, 3.8) is 0 Å². The van der Waals surface area contributed by atoms with Crippen LogP contribution in [-0.4, -0.2) is 47.7 Å². The summed E-state index contributed by atoms with van der Waals surface area (Å²) in [5.74, 6) is -1.12. The summed E-state index contributed by atoms with van der Waals surface area (Å²) in [6.45, 7) is 3.66. The number of benzene rings is 2. The topological polar surface area (TPSA) is 50.7 Å². The molecule has 0 aliphatic carbocycles. The smallest absolute Gasteiger partial charge is 0.416 e. The highest BCUT2D eigenvalue weighted by molar-refractivity contribution is 5.44. The fraction of sp³-hybridized carbons (Fsp3) is 0.360. The van der Waals surface area contributed by atoms with Gasteiger partial charge < -0.3 is 14.4 Å². The molecule has 3 heterocycles. The van der Waals surface area contributed by atoms with Crippen LogP contribution in [0.5, 0.6) is 11.6 Å². The van der Waals surface area contributed by atoms with Crippen LogP contribution in [0, 0.1) is 11.6 Å². The maximum Gasteiger partial charge on any atom is 0.416 e. The van der Waals surface area contributed by atoms with Crippen molar-refractivity contribution in [3.05, 3.63) is 76.5 Å². The SMILES string of the molecule is Fc1ccc(Oc2nc(N3CCOCC3)nc3c2CN(Cc2ccc(C(F)(F)F)cc2)CC3)c(F)c1. The molecule has 0 saturated carbocycles. The molecule has 2 aliphatic rings. The van der Waals surface area contributed by atoms with Gasteiger partial charge in [0.1, 0.15) is 5.82 Å². The van der Waals surface area contributed by atoms with Gasteiger partial charge >= 0.3 is 6.18 Å². The molecule has 2 aliphatic heterocycles. The molecule has 6 nitrogen and oxygen atoms in total. The van der Waals surface area contributed by atoms with Crippen molar-refractivity contribution >= 4 is 5.95 Å². The lowest BCUT2D eigenvalue weighted by Crippen LogP contribution is -2.38. The second-order valence-electron chi connectivity index (χ2n) is 8.69. The normalized spacial score (nSPS) is 16.6. The van der Waals surface area contributed by atoms with E-state index in [0.717, 1.165) is 35.5 Å². The van der Waals surface area contributed by atoms with Crippen LogP contribution < -0.4 is 9.64 Å². The van der Waals surface area contributed by atoms with Crippen LogP contribution in [0.3, 0.4) is 0 Å². The van der Waals surface area contributed by atoms with Gasteiger partial charge in [-0.3, -0.25) is 4.90 Å². The Labute approximate surface area is 204 Å². The lowest BCUT2D eigenvalue weighted by Gasteiger charge is -2.32. The average Bonchev–Trinajstić information content (AvgIpc) is 2.86. The Morgan fingerprint density at radius 1 is 0.944 bits per heavy atom. The molecule has 1 saturated heterocycles. The Morgan fingerprint density at radius 3 is 2.39 bits per heavy atom. The first-order valence-corrected chi connectivity index (χ1v) is 11.5. The largest absolute Gasteiger partial charge is 0.435 e. The predicted molar refractivity (Wildman–Crippen MR) is 121 cm³/mol. The molecule has 1 fully saturated rings. The summed E-state index contributed by atoms with van der Waals surface area (Å²) < 4.78 is 77.7. The van der Waals surface area contributed by atoms with Crippen LogP contribution in [0.15, 0.2) is 42.5 Å². The quantitative estimate of drug-likeness (QED) is 0.456. The zero-order valence-electron chi connectivity index (χ0n) is 19.2. The van der Waals surface area contributed by atoms with E-state index in [9.17, 15) is 22.0 Å². The molecule has 0 bridgehead atoms. The minimum Gasteiger partial charge on any atom is -0.435 e. The van der Waals surface area contributed by atoms with Crippen molar-refractivity contribution in [3.8, 4) is 11.6 Å². The van der Waals surface area contributed by atoms with E-state index in [2.05, 4.69) is 4.98 Å². The van der Waals surface area contributed by atoms with Crippen molar-refractivity contribution in [1.82, 2.24) is 14.9 Å². The summed E-state index contributed by atoms with van der Waals surface area (Å²) in [7, 11) is 0. The van der Waals surface area contributed by atoms with Crippen LogP contribution in [0.25, 0.3) is 0 Å². The number of rotatable bonds is 5. The Hall–Kier alpha value is -3.31. The molecule has 0 N–H and O–H groups in total. The van der Waals surface area contributed by atoms with Gasteiger partial charge in [-0.15, -0.1) is 0 Å². The minimum absolute atomic E-state index is 0.162. The summed E-state index contributed by atoms with van der Waals surface area (Å²) in [4.78, 5) is 13.3. The van der Waals surface area contributed by atoms with Crippen molar-refractivity contribution in [2.75, 3.05) is 37.7 Å². The van der Waals surface area contributed by atoms with E-state index in [1.807, 2.05) is 9.80 Å². The molecule has 36 heavy (non-hydrogen) atoms. The highest BCUT2D eigenvalue weighted by Gasteiger charge is 2.30. The Bertz CT molecular complexity index is 1230. The first kappa shape index (κ1) is 24.4. The van der Waals surface area contributed by atoms with E-state index in [0.29, 0.717) is 63.9 Å². The van der Waals surface area contributed by atoms with E-state index in [1.54, 1.807) is 0 Å². The molecule has 0 unspecified atom stereocenters. The number of halogens is 5. The van der Waals surface area contributed by atoms with Crippen molar-refractivity contribution < 1.29 is 31.4 Å². The molecule has 0 spiro atoms. The monoisotopic (exact) mass is 506 g/mol. The highest BCUT2D eigenvalue weighted by atomic mass is 19.4. The maximum absolute atomic E-state index is 14.4. The minimum atomic E-state index is -4.39. The van der Waals surface area contributed by atoms with E-state index in [4.69, 9.17) is 14.5 Å². The van der Waals surface area contributed by atoms with Crippen LogP contribution in [-0.2, 0) is 30.4 Å². The third-order valence-corrected chi connectivity index (χ3v) is 6.17. The Kier molecular flexibility index (Phi) is 6.76. The van der Waals surface area contributed by atoms with Crippen LogP contribution in [0.1, 0.15) is 22.4 Å². The third-order valence-electron chi connectivity index (χ3n) is 6.17. The first-order valence-electron chi connectivity index (χ1n) is 11.5. The van der Waals surface area contributed by atoms with Gasteiger partial charge in [-0.25, -0.2) is 13.8 Å². The van der Waals surface area contributed by atoms with Crippen molar-refractivity contribution in [2.24, 2.45) is 0 Å². The molecule has 5 rings (SSSR count). The summed E-state index contributed by atoms with van der Waals surface area (Å²) in [6.07, 6.45) is -3.84. The first-order chi connectivity index (χ1) is 17.3. The molecule has 1 aromatic heterocycles.